The van der Waals surface area contributed by atoms with E-state index >= 15 is 0 Å². The van der Waals surface area contributed by atoms with Crippen LogP contribution < -0.4 is 57.1 Å². The Morgan fingerprint density at radius 2 is 2.09 bits per heavy atom. The van der Waals surface area contributed by atoms with E-state index in [4.69, 9.17) is 5.73 Å². The van der Waals surface area contributed by atoms with Gasteiger partial charge in [-0.15, -0.1) is 13.1 Å². The number of hydrogen-bond acceptors (Lipinski definition) is 1. The second-order valence-corrected chi connectivity index (χ2v) is 3.54. The Hall–Kier alpha value is 1.56. The topological polar surface area (TPSA) is 40.1 Å². The summed E-state index contributed by atoms with van der Waals surface area (Å²) in [5.41, 5.74) is 6.05. The van der Waals surface area contributed by atoms with Crippen LogP contribution in [0, 0.1) is 5.41 Å². The van der Waals surface area contributed by atoms with Crippen LogP contribution in [-0.2, 0) is 0 Å². The minimum Gasteiger partial charge on any atom is -0.662 e. The zero-order valence-corrected chi connectivity index (χ0v) is 10.9. The third-order valence-corrected chi connectivity index (χ3v) is 2.46. The molecule has 0 bridgehead atoms. The Kier molecular flexibility index (Phi) is 6.94. The molecule has 0 saturated carbocycles. The molecule has 3 heteroatoms. The Labute approximate surface area is 112 Å². The fourth-order valence-electron chi connectivity index (χ4n) is 1.41. The maximum atomic E-state index is 5.67. The Morgan fingerprint density at radius 1 is 1.36 bits per heavy atom. The van der Waals surface area contributed by atoms with E-state index in [9.17, 15) is 0 Å². The quantitative estimate of drug-likeness (QED) is 0.491. The van der Waals surface area contributed by atoms with Crippen LogP contribution in [0.1, 0.15) is 26.2 Å². The molecule has 0 aromatic rings. The van der Waals surface area contributed by atoms with Gasteiger partial charge in [0.15, 0.2) is 0 Å². The SMILES string of the molecule is CC1(CN)CCC[N-]CC1.[K+]. The van der Waals surface area contributed by atoms with E-state index in [-0.39, 0.29) is 51.4 Å². The van der Waals surface area contributed by atoms with E-state index in [0.29, 0.717) is 5.41 Å². The average Bonchev–Trinajstić information content (AvgIpc) is 2.15. The Morgan fingerprint density at radius 3 is 2.73 bits per heavy atom. The molecule has 0 aromatic heterocycles. The molecule has 1 fully saturated rings. The Balaban J connectivity index is 0.000001000. The number of nitrogens with two attached hydrogens (primary N) is 1. The van der Waals surface area contributed by atoms with Gasteiger partial charge in [-0.05, 0) is 18.4 Å². The number of rotatable bonds is 1. The van der Waals surface area contributed by atoms with Gasteiger partial charge in [0.05, 0.1) is 0 Å². The van der Waals surface area contributed by atoms with Crippen molar-refractivity contribution in [3.8, 4) is 0 Å². The first kappa shape index (κ1) is 12.6. The molecule has 1 aliphatic rings. The largest absolute Gasteiger partial charge is 1.00 e. The molecule has 60 valence electrons. The molecule has 1 heterocycles. The molecule has 0 amide bonds. The summed E-state index contributed by atoms with van der Waals surface area (Å²) in [6, 6.07) is 0. The normalized spacial score (nSPS) is 32.2. The van der Waals surface area contributed by atoms with Crippen molar-refractivity contribution in [3.05, 3.63) is 5.32 Å². The van der Waals surface area contributed by atoms with Crippen molar-refractivity contribution in [1.82, 2.24) is 0 Å². The Bertz CT molecular complexity index is 98.3. The van der Waals surface area contributed by atoms with E-state index in [1.807, 2.05) is 0 Å². The van der Waals surface area contributed by atoms with Crippen molar-refractivity contribution < 1.29 is 51.4 Å². The van der Waals surface area contributed by atoms with E-state index < -0.39 is 0 Å². The summed E-state index contributed by atoms with van der Waals surface area (Å²) in [4.78, 5) is 0. The zero-order chi connectivity index (χ0) is 7.45. The van der Waals surface area contributed by atoms with Gasteiger partial charge in [-0.2, -0.15) is 0 Å². The molecule has 1 rings (SSSR count). The molecular formula is C8H17KN2. The van der Waals surface area contributed by atoms with Crippen LogP contribution in [0.25, 0.3) is 5.32 Å². The first-order valence-corrected chi connectivity index (χ1v) is 4.10. The van der Waals surface area contributed by atoms with Gasteiger partial charge in [0.1, 0.15) is 0 Å². The zero-order valence-electron chi connectivity index (χ0n) is 7.77. The van der Waals surface area contributed by atoms with Gasteiger partial charge in [0, 0.05) is 0 Å². The van der Waals surface area contributed by atoms with Crippen molar-refractivity contribution in [1.29, 1.82) is 0 Å². The van der Waals surface area contributed by atoms with Crippen molar-refractivity contribution in [2.75, 3.05) is 19.6 Å². The third-order valence-electron chi connectivity index (χ3n) is 2.46. The predicted molar refractivity (Wildman–Crippen MR) is 44.1 cm³/mol. The molecular weight excluding hydrogens is 163 g/mol. The molecule has 0 aliphatic carbocycles. The summed E-state index contributed by atoms with van der Waals surface area (Å²) < 4.78 is 0. The molecule has 0 radical (unpaired) electrons. The third kappa shape index (κ3) is 4.36. The van der Waals surface area contributed by atoms with Gasteiger partial charge in [-0.1, -0.05) is 19.8 Å². The van der Waals surface area contributed by atoms with Crippen molar-refractivity contribution >= 4 is 0 Å². The van der Waals surface area contributed by atoms with Gasteiger partial charge >= 0.3 is 51.4 Å². The fourth-order valence-corrected chi connectivity index (χ4v) is 1.41. The summed E-state index contributed by atoms with van der Waals surface area (Å²) in [5, 5.41) is 4.36. The molecule has 1 aliphatic heterocycles. The molecule has 2 nitrogen and oxygen atoms in total. The van der Waals surface area contributed by atoms with Crippen LogP contribution in [0.15, 0.2) is 0 Å². The van der Waals surface area contributed by atoms with Gasteiger partial charge in [0.2, 0.25) is 0 Å². The van der Waals surface area contributed by atoms with Gasteiger partial charge in [-0.3, -0.25) is 0 Å². The molecule has 11 heavy (non-hydrogen) atoms. The second-order valence-electron chi connectivity index (χ2n) is 3.54. The van der Waals surface area contributed by atoms with Crippen molar-refractivity contribution in [2.24, 2.45) is 11.1 Å². The van der Waals surface area contributed by atoms with E-state index in [2.05, 4.69) is 12.2 Å². The van der Waals surface area contributed by atoms with Crippen LogP contribution in [0.5, 0.6) is 0 Å². The minimum absolute atomic E-state index is 0. The minimum atomic E-state index is 0. The van der Waals surface area contributed by atoms with Crippen LogP contribution in [0.3, 0.4) is 0 Å². The van der Waals surface area contributed by atoms with Gasteiger partial charge in [-0.25, -0.2) is 0 Å². The molecule has 2 N–H and O–H groups in total. The summed E-state index contributed by atoms with van der Waals surface area (Å²) in [7, 11) is 0. The van der Waals surface area contributed by atoms with Gasteiger partial charge < -0.3 is 11.1 Å². The first-order valence-electron chi connectivity index (χ1n) is 4.10. The molecule has 0 aromatic carbocycles. The first-order chi connectivity index (χ1) is 4.77. The maximum absolute atomic E-state index is 5.67. The standard InChI is InChI=1S/C8H17N2.K/c1-8(7-9)3-2-5-10-6-4-8;/h2-7,9H2,1H3;/q-1;+1. The molecule has 0 spiro atoms. The molecule has 1 unspecified atom stereocenters. The van der Waals surface area contributed by atoms with Crippen LogP contribution >= 0.6 is 0 Å². The van der Waals surface area contributed by atoms with Gasteiger partial charge in [0.25, 0.3) is 0 Å². The maximum Gasteiger partial charge on any atom is 1.00 e. The number of hydrogen-bond donors (Lipinski definition) is 1. The fraction of sp³-hybridized carbons (Fsp3) is 1.00. The number of nitrogens with zero attached hydrogens (tertiary/aromatic N) is 1. The molecule has 1 atom stereocenters. The van der Waals surface area contributed by atoms with E-state index in [1.165, 1.54) is 19.3 Å². The van der Waals surface area contributed by atoms with Crippen molar-refractivity contribution in [3.63, 3.8) is 0 Å². The summed E-state index contributed by atoms with van der Waals surface area (Å²) in [6.07, 6.45) is 3.67. The van der Waals surface area contributed by atoms with Crippen LogP contribution in [0.4, 0.5) is 0 Å². The van der Waals surface area contributed by atoms with Crippen LogP contribution in [-0.4, -0.2) is 19.6 Å². The van der Waals surface area contributed by atoms with Crippen molar-refractivity contribution in [2.45, 2.75) is 26.2 Å². The molecule has 1 saturated heterocycles. The van der Waals surface area contributed by atoms with E-state index in [1.54, 1.807) is 0 Å². The summed E-state index contributed by atoms with van der Waals surface area (Å²) in [5.74, 6) is 0. The smallest absolute Gasteiger partial charge is 0.662 e. The van der Waals surface area contributed by atoms with Crippen LogP contribution in [0.2, 0.25) is 0 Å². The summed E-state index contributed by atoms with van der Waals surface area (Å²) in [6.45, 7) is 5.17. The summed E-state index contributed by atoms with van der Waals surface area (Å²) >= 11 is 0. The predicted octanol–water partition coefficient (Wildman–Crippen LogP) is -1.49. The monoisotopic (exact) mass is 180 g/mol. The average molecular weight is 180 g/mol. The van der Waals surface area contributed by atoms with E-state index in [0.717, 1.165) is 19.6 Å². The second kappa shape index (κ2) is 6.08.